The van der Waals surface area contributed by atoms with Crippen LogP contribution in [0.4, 0.5) is 0 Å². The molecule has 0 radical (unpaired) electrons. The maximum atomic E-state index is 6.30. The minimum Gasteiger partial charge on any atom is -0.456 e. The Morgan fingerprint density at radius 1 is 0.229 bits per heavy atom. The van der Waals surface area contributed by atoms with Crippen molar-refractivity contribution in [1.82, 2.24) is 4.57 Å². The third-order valence-electron chi connectivity index (χ3n) is 17.2. The summed E-state index contributed by atoms with van der Waals surface area (Å²) in [5.74, 6) is 0. The van der Waals surface area contributed by atoms with Gasteiger partial charge in [0.05, 0.1) is 11.0 Å². The number of fused-ring (bicyclic) bond motifs is 15. The van der Waals surface area contributed by atoms with Crippen LogP contribution in [0.2, 0.25) is 0 Å². The third-order valence-corrected chi connectivity index (χ3v) is 20.7. The number of para-hydroxylation sites is 1. The minimum atomic E-state index is 0.918. The number of hydrogen-bond donors (Lipinski definition) is 0. The smallest absolute Gasteiger partial charge is 0.136 e. The van der Waals surface area contributed by atoms with Crippen molar-refractivity contribution in [2.24, 2.45) is 0 Å². The highest BCUT2D eigenvalue weighted by Gasteiger charge is 2.19. The molecule has 0 unspecified atom stereocenters. The molecule has 0 spiro atoms. The Morgan fingerprint density at radius 3 is 1.19 bits per heavy atom. The van der Waals surface area contributed by atoms with Crippen molar-refractivity contribution < 1.29 is 4.42 Å². The SMILES string of the molecule is c1ccc(-c2cccc(-n3c4ccc(-c5cccc(-c6ccc7sc8ccc(-c9ccc%10sc%11ccc(-c%12cccc%13oc%14ccccc%14c%12%13)cc%11c%10c9)cc8c7c6)c5)cc4c4cc(-c5ccc6sc7ccccc7c6c5)ccc43)c2)cc1. The average molecular weight is 1110 g/mol. The van der Waals surface area contributed by atoms with Crippen LogP contribution >= 0.6 is 34.0 Å². The number of thiophene rings is 3. The van der Waals surface area contributed by atoms with E-state index in [0.29, 0.717) is 0 Å². The van der Waals surface area contributed by atoms with Gasteiger partial charge in [-0.2, -0.15) is 0 Å². The van der Waals surface area contributed by atoms with Gasteiger partial charge in [0, 0.05) is 87.7 Å². The zero-order valence-corrected chi connectivity index (χ0v) is 47.0. The second-order valence-corrected chi connectivity index (χ2v) is 25.2. The van der Waals surface area contributed by atoms with Crippen LogP contribution in [-0.4, -0.2) is 4.57 Å². The van der Waals surface area contributed by atoms with Gasteiger partial charge < -0.3 is 8.98 Å². The van der Waals surface area contributed by atoms with E-state index in [4.69, 9.17) is 4.42 Å². The lowest BCUT2D eigenvalue weighted by Crippen LogP contribution is -1.94. The molecule has 83 heavy (non-hydrogen) atoms. The number of aromatic nitrogens is 1. The van der Waals surface area contributed by atoms with E-state index in [1.54, 1.807) is 0 Å². The molecule has 2 nitrogen and oxygen atoms in total. The first-order valence-corrected chi connectivity index (χ1v) is 30.6. The largest absolute Gasteiger partial charge is 0.456 e. The zero-order chi connectivity index (χ0) is 54.3. The van der Waals surface area contributed by atoms with Gasteiger partial charge in [0.15, 0.2) is 0 Å². The lowest BCUT2D eigenvalue weighted by molar-refractivity contribution is 0.669. The first-order valence-electron chi connectivity index (χ1n) is 28.2. The summed E-state index contributed by atoms with van der Waals surface area (Å²) in [7, 11) is 0. The van der Waals surface area contributed by atoms with Crippen LogP contribution in [0.1, 0.15) is 0 Å². The Balaban J connectivity index is 0.720. The first-order chi connectivity index (χ1) is 41.1. The van der Waals surface area contributed by atoms with Gasteiger partial charge >= 0.3 is 0 Å². The van der Waals surface area contributed by atoms with Crippen LogP contribution in [0.25, 0.3) is 177 Å². The third kappa shape index (κ3) is 7.52. The van der Waals surface area contributed by atoms with Gasteiger partial charge in [0.25, 0.3) is 0 Å². The van der Waals surface area contributed by atoms with E-state index in [2.05, 4.69) is 271 Å². The second kappa shape index (κ2) is 18.3. The molecule has 0 fully saturated rings. The molecule has 0 saturated heterocycles. The lowest BCUT2D eigenvalue weighted by Gasteiger charge is -2.11. The second-order valence-electron chi connectivity index (χ2n) is 21.9. The highest BCUT2D eigenvalue weighted by molar-refractivity contribution is 7.26. The van der Waals surface area contributed by atoms with Gasteiger partial charge in [-0.1, -0.05) is 152 Å². The van der Waals surface area contributed by atoms with E-state index in [1.165, 1.54) is 154 Å². The monoisotopic (exact) mass is 1110 g/mol. The van der Waals surface area contributed by atoms with E-state index in [-0.39, 0.29) is 0 Å². The van der Waals surface area contributed by atoms with E-state index < -0.39 is 0 Å². The summed E-state index contributed by atoms with van der Waals surface area (Å²) in [4.78, 5) is 0. The highest BCUT2D eigenvalue weighted by Crippen LogP contribution is 2.45. The van der Waals surface area contributed by atoms with Gasteiger partial charge in [-0.05, 0) is 188 Å². The highest BCUT2D eigenvalue weighted by atomic mass is 32.1. The Bertz CT molecular complexity index is 5710. The minimum absolute atomic E-state index is 0.918. The standard InChI is InChI=1S/C78H45NOS3/c1-2-11-46(12-3-1)49-15-9-16-57(38-49)79-68-30-23-50(39-61(68)62-40-51(24-31-69(62)79)53-26-32-73-63(41-53)59-17-5-7-22-72(59)81-73)47-13-8-14-48(37-47)52-25-33-74-64(42-52)65-43-54(27-34-75(65)82-74)55-28-35-76-66(44-55)67-45-56(29-36-77(67)83-76)58-19-10-21-71-78(58)60-18-4-6-20-70(60)80-71/h1-45H. The molecule has 0 aliphatic rings. The van der Waals surface area contributed by atoms with Crippen LogP contribution in [0.5, 0.6) is 0 Å². The van der Waals surface area contributed by atoms with Crippen molar-refractivity contribution in [3.63, 3.8) is 0 Å². The number of rotatable bonds is 7. The summed E-state index contributed by atoms with van der Waals surface area (Å²) in [6.07, 6.45) is 0. The molecule has 5 heteroatoms. The molecule has 0 aliphatic heterocycles. The fourth-order valence-electron chi connectivity index (χ4n) is 13.2. The molecular formula is C78H45NOS3. The normalized spacial score (nSPS) is 12.1. The lowest BCUT2D eigenvalue weighted by atomic mass is 9.96. The van der Waals surface area contributed by atoms with Crippen molar-refractivity contribution in [3.8, 4) is 72.4 Å². The summed E-state index contributed by atoms with van der Waals surface area (Å²) in [5, 5.41) is 12.6. The molecule has 18 aromatic rings. The topological polar surface area (TPSA) is 18.1 Å². The van der Waals surface area contributed by atoms with Gasteiger partial charge in [0.1, 0.15) is 11.2 Å². The van der Waals surface area contributed by atoms with E-state index in [9.17, 15) is 0 Å². The summed E-state index contributed by atoms with van der Waals surface area (Å²) in [5.41, 5.74) is 19.8. The van der Waals surface area contributed by atoms with Crippen LogP contribution in [-0.2, 0) is 0 Å². The zero-order valence-electron chi connectivity index (χ0n) is 44.6. The molecule has 386 valence electrons. The molecule has 5 aromatic heterocycles. The van der Waals surface area contributed by atoms with Crippen molar-refractivity contribution >= 4 is 138 Å². The van der Waals surface area contributed by atoms with Gasteiger partial charge in [-0.25, -0.2) is 0 Å². The molecule has 0 bridgehead atoms. The Morgan fingerprint density at radius 2 is 0.614 bits per heavy atom. The Labute approximate surface area is 489 Å². The van der Waals surface area contributed by atoms with Crippen molar-refractivity contribution in [2.45, 2.75) is 0 Å². The fourth-order valence-corrected chi connectivity index (χ4v) is 16.4. The maximum absolute atomic E-state index is 6.30. The molecule has 0 amide bonds. The van der Waals surface area contributed by atoms with E-state index in [0.717, 1.165) is 22.2 Å². The molecule has 18 rings (SSSR count). The molecule has 0 saturated carbocycles. The number of benzene rings is 13. The fraction of sp³-hybridized carbons (Fsp3) is 0. The molecule has 0 N–H and O–H groups in total. The van der Waals surface area contributed by atoms with Crippen molar-refractivity contribution in [1.29, 1.82) is 0 Å². The molecule has 5 heterocycles. The van der Waals surface area contributed by atoms with E-state index >= 15 is 0 Å². The molecule has 13 aromatic carbocycles. The predicted molar refractivity (Wildman–Crippen MR) is 359 cm³/mol. The Kier molecular flexibility index (Phi) is 10.3. The summed E-state index contributed by atoms with van der Waals surface area (Å²) in [6.45, 7) is 0. The molecule has 0 aliphatic carbocycles. The van der Waals surface area contributed by atoms with Gasteiger partial charge in [-0.3, -0.25) is 0 Å². The number of nitrogens with zero attached hydrogens (tertiary/aromatic N) is 1. The molecule has 0 atom stereocenters. The number of furan rings is 1. The summed E-state index contributed by atoms with van der Waals surface area (Å²) in [6, 6.07) is 101. The Hall–Kier alpha value is -9.88. The quantitative estimate of drug-likeness (QED) is 0.156. The number of hydrogen-bond acceptors (Lipinski definition) is 4. The van der Waals surface area contributed by atoms with Crippen LogP contribution in [0.3, 0.4) is 0 Å². The van der Waals surface area contributed by atoms with Crippen LogP contribution < -0.4 is 0 Å². The van der Waals surface area contributed by atoms with Crippen LogP contribution in [0, 0.1) is 0 Å². The van der Waals surface area contributed by atoms with Crippen molar-refractivity contribution in [3.05, 3.63) is 273 Å². The summed E-state index contributed by atoms with van der Waals surface area (Å²) >= 11 is 5.60. The predicted octanol–water partition coefficient (Wildman–Crippen LogP) is 23.8. The van der Waals surface area contributed by atoms with Crippen molar-refractivity contribution in [2.75, 3.05) is 0 Å². The average Bonchev–Trinajstić information content (AvgIpc) is 3.99. The first kappa shape index (κ1) is 46.8. The molecular weight excluding hydrogens is 1060 g/mol. The van der Waals surface area contributed by atoms with Gasteiger partial charge in [0.2, 0.25) is 0 Å². The van der Waals surface area contributed by atoms with Crippen LogP contribution in [0.15, 0.2) is 277 Å². The maximum Gasteiger partial charge on any atom is 0.136 e. The van der Waals surface area contributed by atoms with E-state index in [1.807, 2.05) is 40.1 Å². The summed E-state index contributed by atoms with van der Waals surface area (Å²) < 4.78 is 16.6. The van der Waals surface area contributed by atoms with Gasteiger partial charge in [-0.15, -0.1) is 34.0 Å².